The Morgan fingerprint density at radius 2 is 1.34 bits per heavy atom. The number of ether oxygens (including phenoxy) is 13. The quantitative estimate of drug-likeness (QED) is 0.0204. The van der Waals surface area contributed by atoms with E-state index < -0.39 is 203 Å². The molecule has 4 aliphatic carbocycles. The van der Waals surface area contributed by atoms with Gasteiger partial charge in [-0.05, 0) is 116 Å². The van der Waals surface area contributed by atoms with Gasteiger partial charge in [-0.25, -0.2) is 9.59 Å². The van der Waals surface area contributed by atoms with Gasteiger partial charge in [0.05, 0.1) is 86.6 Å². The Hall–Kier alpha value is -5.33. The number of nitro groups is 1. The number of Topliss-reactive ketones (excluding diaryl/α,β-unsaturated/α-hetero) is 1. The number of hydrogen-bond donors (Lipinski definition) is 5. The number of carbonyl (C=O) groups is 5. The molecule has 6 aliphatic heterocycles. The lowest BCUT2D eigenvalue weighted by atomic mass is 9.49. The number of rotatable bonds is 15. The fraction of sp³-hybridized carbons (Fsp3) is 0.757. The number of carbonyl (C=O) groups excluding carboxylic acids is 5. The molecule has 7 fully saturated rings. The molecule has 10 aliphatic rings. The zero-order valence-corrected chi connectivity index (χ0v) is 57.5. The number of methoxy groups -OCH3 is 1. The predicted octanol–water partition coefficient (Wildman–Crippen LogP) is 7.31. The molecule has 96 heavy (non-hydrogen) atoms. The second-order valence-corrected chi connectivity index (χ2v) is 29.0. The number of alkyl carbamates (subject to hydrolysis) is 1. The van der Waals surface area contributed by atoms with Crippen molar-refractivity contribution < 1.29 is 111 Å². The van der Waals surface area contributed by atoms with Gasteiger partial charge in [-0.3, -0.25) is 24.5 Å². The molecule has 29 atom stereocenters. The Morgan fingerprint density at radius 3 is 2.00 bits per heavy atom. The van der Waals surface area contributed by atoms with Crippen LogP contribution < -0.4 is 5.32 Å². The summed E-state index contributed by atoms with van der Waals surface area (Å²) in [6, 6.07) is -1.12. The zero-order chi connectivity index (χ0) is 69.8. The lowest BCUT2D eigenvalue weighted by Gasteiger charge is -2.56. The number of allylic oxidation sites excluding steroid dienone is 5. The maximum atomic E-state index is 15.8. The molecule has 1 amide bonds. The number of nitrogens with one attached hydrogen (secondary N) is 1. The number of esters is 2. The SMILES string of the molecule is COC(=O)N[C@H]1[C@@H](C)O[C@@H](O[C@H]2C/C=C(\C)[C@@H]3C=C[C@@H]4[C@@H](O[C@H]5C[C@@H](O[C@H]6CC[C@@H](O[C@@H]7C[C@@H](O)[C@@H](O[C@H]8CC[C@@H](O)[C@H](C)O8)[C@H](C)O7)[C@H](C)O6)[C@@H](OC(C)=O)[C@H](C)O5)[C@@H](C)C[C@H](C)[C@H]4[C@]3(C)C(O)=C3C(=O)O[C@]4(CC(/C=C/C(C)=O)=C[C@H](O)[C@H]4/C=C/2C)C3=O)C[C@]1(C)[N+](=O)[O-]. The zero-order valence-electron chi connectivity index (χ0n) is 57.5. The van der Waals surface area contributed by atoms with Gasteiger partial charge in [0.1, 0.15) is 29.6 Å². The number of aliphatic hydroxyl groups excluding tert-OH is 4. The minimum absolute atomic E-state index is 0.110. The molecule has 26 nitrogen and oxygen atoms in total. The first-order chi connectivity index (χ1) is 45.3. The number of fused-ring (bicyclic) bond motifs is 4. The van der Waals surface area contributed by atoms with Crippen LogP contribution in [0.4, 0.5) is 4.79 Å². The summed E-state index contributed by atoms with van der Waals surface area (Å²) in [5.41, 5.74) is -4.46. The largest absolute Gasteiger partial charge is 0.511 e. The van der Waals surface area contributed by atoms with Crippen LogP contribution in [0.3, 0.4) is 0 Å². The summed E-state index contributed by atoms with van der Waals surface area (Å²) in [4.78, 5) is 80.8. The molecule has 10 rings (SSSR count). The molecule has 0 aromatic rings. The van der Waals surface area contributed by atoms with Crippen LogP contribution in [-0.4, -0.2) is 196 Å². The summed E-state index contributed by atoms with van der Waals surface area (Å²) in [6.45, 7) is 22.5. The van der Waals surface area contributed by atoms with Crippen LogP contribution in [0.1, 0.15) is 154 Å². The fourth-order valence-corrected chi connectivity index (χ4v) is 17.2. The summed E-state index contributed by atoms with van der Waals surface area (Å²) in [6.07, 6.45) is -1.47. The summed E-state index contributed by atoms with van der Waals surface area (Å²) < 4.78 is 81.9. The van der Waals surface area contributed by atoms with Crippen molar-refractivity contribution >= 4 is 29.6 Å². The predicted molar refractivity (Wildman–Crippen MR) is 339 cm³/mol. The van der Waals surface area contributed by atoms with Crippen LogP contribution in [0.5, 0.6) is 0 Å². The topological polar surface area (TPSA) is 341 Å². The molecular weight excluding hydrogens is 1250 g/mol. The Kier molecular flexibility index (Phi) is 22.5. The summed E-state index contributed by atoms with van der Waals surface area (Å²) in [5, 5.41) is 62.5. The van der Waals surface area contributed by atoms with Crippen LogP contribution in [0.15, 0.2) is 70.6 Å². The monoisotopic (exact) mass is 1350 g/mol. The third kappa shape index (κ3) is 14.8. The van der Waals surface area contributed by atoms with Crippen LogP contribution in [0.2, 0.25) is 0 Å². The van der Waals surface area contributed by atoms with Crippen molar-refractivity contribution in [1.29, 1.82) is 0 Å². The van der Waals surface area contributed by atoms with E-state index >= 15 is 4.79 Å². The lowest BCUT2D eigenvalue weighted by molar-refractivity contribution is -0.584. The molecule has 6 saturated heterocycles. The summed E-state index contributed by atoms with van der Waals surface area (Å²) in [5.74, 6) is -6.63. The van der Waals surface area contributed by atoms with Gasteiger partial charge in [0.25, 0.3) is 0 Å². The normalized spacial score (nSPS) is 46.4. The van der Waals surface area contributed by atoms with Crippen LogP contribution >= 0.6 is 0 Å². The molecule has 26 heteroatoms. The van der Waals surface area contributed by atoms with E-state index in [0.717, 1.165) is 12.7 Å². The van der Waals surface area contributed by atoms with Crippen molar-refractivity contribution in [3.05, 3.63) is 80.7 Å². The van der Waals surface area contributed by atoms with Crippen molar-refractivity contribution in [2.24, 2.45) is 40.9 Å². The van der Waals surface area contributed by atoms with Crippen molar-refractivity contribution in [3.8, 4) is 0 Å². The molecule has 0 aromatic heterocycles. The highest BCUT2D eigenvalue weighted by Gasteiger charge is 2.65. The molecule has 0 radical (unpaired) electrons. The highest BCUT2D eigenvalue weighted by molar-refractivity contribution is 6.26. The number of amides is 1. The van der Waals surface area contributed by atoms with Crippen molar-refractivity contribution in [3.63, 3.8) is 0 Å². The van der Waals surface area contributed by atoms with Crippen LogP contribution in [0, 0.1) is 51.0 Å². The van der Waals surface area contributed by atoms with Crippen molar-refractivity contribution in [2.45, 2.75) is 288 Å². The Balaban J connectivity index is 0.920. The second kappa shape index (κ2) is 29.5. The van der Waals surface area contributed by atoms with Gasteiger partial charge in [-0.15, -0.1) is 0 Å². The number of hydrogen-bond acceptors (Lipinski definition) is 24. The average Bonchev–Trinajstić information content (AvgIpc) is 1.48. The lowest BCUT2D eigenvalue weighted by Crippen LogP contribution is -2.65. The van der Waals surface area contributed by atoms with E-state index in [-0.39, 0.29) is 49.7 Å². The van der Waals surface area contributed by atoms with E-state index in [1.807, 2.05) is 39.8 Å². The third-order valence-corrected chi connectivity index (χ3v) is 22.1. The Bertz CT molecular complexity index is 3100. The highest BCUT2D eigenvalue weighted by Crippen LogP contribution is 2.61. The number of ketones is 2. The fourth-order valence-electron chi connectivity index (χ4n) is 17.2. The summed E-state index contributed by atoms with van der Waals surface area (Å²) >= 11 is 0. The van der Waals surface area contributed by atoms with Crippen LogP contribution in [-0.2, 0) is 80.8 Å². The molecule has 0 aromatic carbocycles. The first-order valence-electron chi connectivity index (χ1n) is 34.2. The van der Waals surface area contributed by atoms with Gasteiger partial charge in [-0.1, -0.05) is 62.8 Å². The smallest absolute Gasteiger partial charge is 0.407 e. The van der Waals surface area contributed by atoms with Gasteiger partial charge in [0.2, 0.25) is 11.3 Å². The average molecular weight is 1350 g/mol. The molecule has 534 valence electrons. The van der Waals surface area contributed by atoms with E-state index in [2.05, 4.69) is 25.2 Å². The molecule has 6 heterocycles. The van der Waals surface area contributed by atoms with Crippen molar-refractivity contribution in [1.82, 2.24) is 5.32 Å². The van der Waals surface area contributed by atoms with Gasteiger partial charge in [0.15, 0.2) is 48.9 Å². The molecule has 1 spiro atoms. The number of nitrogens with zero attached hydrogens (tertiary/aromatic N) is 1. The van der Waals surface area contributed by atoms with Gasteiger partial charge < -0.3 is 87.3 Å². The Morgan fingerprint density at radius 1 is 0.708 bits per heavy atom. The van der Waals surface area contributed by atoms with Gasteiger partial charge in [-0.2, -0.15) is 0 Å². The van der Waals surface area contributed by atoms with E-state index in [1.54, 1.807) is 33.8 Å². The minimum atomic E-state index is -2.15. The molecular formula is C70H100N2O24. The van der Waals surface area contributed by atoms with Crippen molar-refractivity contribution in [2.75, 3.05) is 7.11 Å². The molecule has 0 unspecified atom stereocenters. The van der Waals surface area contributed by atoms with E-state index in [0.29, 0.717) is 43.3 Å². The first kappa shape index (κ1) is 73.4. The molecule has 2 bridgehead atoms. The van der Waals surface area contributed by atoms with E-state index in [9.17, 15) is 49.7 Å². The molecule has 1 saturated carbocycles. The Labute approximate surface area is 560 Å². The standard InChI is InChI=1S/C70H100N2O24/c1-32-15-21-50(91-57-31-68(12,72(82)83)63(41(10)89-57)71-67(81)84-14)33(2)26-46-48(76)27-43(17-16-36(5)73)30-70(46)65(79)58(66(80)96-70)64(78)69(13)45(32)19-18-44-59(69)34(3)25-35(4)60(44)95-56-29-52(62(40(9)88-56)90-42(11)74)93-53-24-22-51(38(7)86-53)92-55-28-49(77)61(39(8)87-55)94-54-23-20-47(75)37(6)85-54/h15-19,26-27,34-35,37-41,44-57,59-63,75-78H,20-25,28-31H2,1-14H3,(H,71,81)/b17-16+,32-15+,33-26+,64-58?/t34-,35-,37-,38-,39-,40-,41+,44-,45-,46+,47+,48-,49+,50-,51+,52+,53-,54-,55+,56-,57-,59+,60-,61-,62-,63-,68-,69+,70-/m0/s1. The minimum Gasteiger partial charge on any atom is -0.511 e. The molecule has 5 N–H and O–H groups in total. The third-order valence-electron chi connectivity index (χ3n) is 22.1. The maximum Gasteiger partial charge on any atom is 0.407 e. The number of aliphatic hydroxyl groups is 4. The van der Waals surface area contributed by atoms with Crippen LogP contribution in [0.25, 0.3) is 0 Å². The maximum absolute atomic E-state index is 15.8. The first-order valence-corrected chi connectivity index (χ1v) is 34.2. The highest BCUT2D eigenvalue weighted by atomic mass is 16.8. The summed E-state index contributed by atoms with van der Waals surface area (Å²) in [7, 11) is 1.15. The van der Waals surface area contributed by atoms with Gasteiger partial charge >= 0.3 is 18.0 Å². The second-order valence-electron chi connectivity index (χ2n) is 29.0. The van der Waals surface area contributed by atoms with E-state index in [4.69, 9.17) is 61.6 Å². The van der Waals surface area contributed by atoms with E-state index in [1.165, 1.54) is 39.0 Å². The van der Waals surface area contributed by atoms with Gasteiger partial charge in [0, 0.05) is 68.1 Å².